The average molecular weight is 383 g/mol. The maximum absolute atomic E-state index is 12.0. The fourth-order valence-corrected chi connectivity index (χ4v) is 3.66. The number of hydrogen-bond acceptors (Lipinski definition) is 5. The number of ketones is 1. The first kappa shape index (κ1) is 23.8. The molecule has 0 aromatic carbocycles. The van der Waals surface area contributed by atoms with E-state index in [1.807, 2.05) is 0 Å². The monoisotopic (exact) mass is 382 g/mol. The van der Waals surface area contributed by atoms with Gasteiger partial charge in [0.2, 0.25) is 0 Å². The Hall–Kier alpha value is -1.20. The fraction of sp³-hybridized carbons (Fsp3) is 0.818. The van der Waals surface area contributed by atoms with E-state index in [1.54, 1.807) is 0 Å². The van der Waals surface area contributed by atoms with Crippen LogP contribution in [0, 0.1) is 0 Å². The molecule has 5 heteroatoms. The first-order valence-corrected chi connectivity index (χ1v) is 10.7. The second-order valence-electron chi connectivity index (χ2n) is 7.77. The minimum absolute atomic E-state index is 0.319. The lowest BCUT2D eigenvalue weighted by Gasteiger charge is -2.32. The predicted molar refractivity (Wildman–Crippen MR) is 106 cm³/mol. The molecule has 0 fully saturated rings. The van der Waals surface area contributed by atoms with E-state index in [4.69, 9.17) is 4.74 Å². The zero-order valence-corrected chi connectivity index (χ0v) is 17.1. The zero-order valence-electron chi connectivity index (χ0n) is 17.1. The normalized spacial score (nSPS) is 23.0. The maximum atomic E-state index is 12.0. The van der Waals surface area contributed by atoms with Gasteiger partial charge in [0.15, 0.2) is 17.5 Å². The third-order valence-corrected chi connectivity index (χ3v) is 5.38. The van der Waals surface area contributed by atoms with Crippen LogP contribution in [0.1, 0.15) is 97.3 Å². The third kappa shape index (κ3) is 8.14. The molecule has 0 radical (unpaired) electrons. The van der Waals surface area contributed by atoms with Crippen LogP contribution in [0.15, 0.2) is 12.2 Å². The van der Waals surface area contributed by atoms with Gasteiger partial charge in [-0.3, -0.25) is 9.59 Å². The largest absolute Gasteiger partial charge is 0.455 e. The van der Waals surface area contributed by atoms with E-state index in [0.29, 0.717) is 6.42 Å². The van der Waals surface area contributed by atoms with Crippen LogP contribution in [0.25, 0.3) is 0 Å². The third-order valence-electron chi connectivity index (χ3n) is 5.38. The van der Waals surface area contributed by atoms with Crippen molar-refractivity contribution in [3.63, 3.8) is 0 Å². The quantitative estimate of drug-likeness (QED) is 0.327. The van der Waals surface area contributed by atoms with Crippen LogP contribution in [0.2, 0.25) is 0 Å². The van der Waals surface area contributed by atoms with Gasteiger partial charge in [-0.25, -0.2) is 0 Å². The molecule has 0 amide bonds. The SMILES string of the molecule is CCCCCCCCCCCCCC[C@@H](O)[C@@]1(O)C(=O)C=C[C@H]1OC(C)=O. The topological polar surface area (TPSA) is 83.8 Å². The number of carbonyl (C=O) groups excluding carboxylic acids is 2. The van der Waals surface area contributed by atoms with E-state index in [1.165, 1.54) is 76.9 Å². The Balaban J connectivity index is 2.12. The molecule has 0 heterocycles. The molecule has 0 aliphatic heterocycles. The van der Waals surface area contributed by atoms with Crippen molar-refractivity contribution in [3.8, 4) is 0 Å². The van der Waals surface area contributed by atoms with Gasteiger partial charge in [0.1, 0.15) is 0 Å². The Labute approximate surface area is 164 Å². The predicted octanol–water partition coefficient (Wildman–Crippen LogP) is 4.24. The van der Waals surface area contributed by atoms with E-state index >= 15 is 0 Å². The van der Waals surface area contributed by atoms with Crippen molar-refractivity contribution in [2.75, 3.05) is 0 Å². The van der Waals surface area contributed by atoms with Gasteiger partial charge in [-0.1, -0.05) is 84.0 Å². The summed E-state index contributed by atoms with van der Waals surface area (Å²) >= 11 is 0. The summed E-state index contributed by atoms with van der Waals surface area (Å²) in [6.45, 7) is 3.45. The second-order valence-corrected chi connectivity index (χ2v) is 7.77. The highest BCUT2D eigenvalue weighted by molar-refractivity contribution is 6.01. The highest BCUT2D eigenvalue weighted by atomic mass is 16.6. The van der Waals surface area contributed by atoms with E-state index in [9.17, 15) is 19.8 Å². The van der Waals surface area contributed by atoms with Crippen LogP contribution < -0.4 is 0 Å². The first-order chi connectivity index (χ1) is 12.9. The van der Waals surface area contributed by atoms with Crippen molar-refractivity contribution in [1.82, 2.24) is 0 Å². The summed E-state index contributed by atoms with van der Waals surface area (Å²) in [4.78, 5) is 23.1. The lowest BCUT2D eigenvalue weighted by atomic mass is 9.87. The molecule has 0 aromatic heterocycles. The molecule has 0 saturated heterocycles. The van der Waals surface area contributed by atoms with Crippen LogP contribution in [0.3, 0.4) is 0 Å². The lowest BCUT2D eigenvalue weighted by molar-refractivity contribution is -0.174. The summed E-state index contributed by atoms with van der Waals surface area (Å²) in [5.41, 5.74) is -2.04. The summed E-state index contributed by atoms with van der Waals surface area (Å²) < 4.78 is 4.97. The van der Waals surface area contributed by atoms with Gasteiger partial charge < -0.3 is 14.9 Å². The lowest BCUT2D eigenvalue weighted by Crippen LogP contribution is -2.55. The van der Waals surface area contributed by atoms with Gasteiger partial charge in [-0.2, -0.15) is 0 Å². The molecule has 0 bridgehead atoms. The molecule has 0 unspecified atom stereocenters. The first-order valence-electron chi connectivity index (χ1n) is 10.7. The Morgan fingerprint density at radius 3 is 2.00 bits per heavy atom. The van der Waals surface area contributed by atoms with Gasteiger partial charge in [-0.15, -0.1) is 0 Å². The number of esters is 1. The molecule has 2 N–H and O–H groups in total. The average Bonchev–Trinajstić information content (AvgIpc) is 2.91. The van der Waals surface area contributed by atoms with Crippen LogP contribution in [0.4, 0.5) is 0 Å². The van der Waals surface area contributed by atoms with Gasteiger partial charge in [0.25, 0.3) is 0 Å². The number of aliphatic hydroxyl groups excluding tert-OH is 1. The van der Waals surface area contributed by atoms with Crippen LogP contribution in [-0.2, 0) is 14.3 Å². The van der Waals surface area contributed by atoms with Crippen molar-refractivity contribution in [1.29, 1.82) is 0 Å². The Morgan fingerprint density at radius 2 is 1.52 bits per heavy atom. The number of carbonyl (C=O) groups is 2. The molecule has 1 aliphatic carbocycles. The van der Waals surface area contributed by atoms with Crippen molar-refractivity contribution in [2.24, 2.45) is 0 Å². The number of aliphatic hydroxyl groups is 2. The van der Waals surface area contributed by atoms with Gasteiger partial charge in [-0.05, 0) is 18.6 Å². The van der Waals surface area contributed by atoms with Crippen LogP contribution in [0.5, 0.6) is 0 Å². The number of hydrogen-bond donors (Lipinski definition) is 2. The molecular formula is C22H38O5. The molecule has 0 spiro atoms. The smallest absolute Gasteiger partial charge is 0.303 e. The molecule has 0 saturated carbocycles. The molecule has 156 valence electrons. The van der Waals surface area contributed by atoms with Crippen molar-refractivity contribution < 1.29 is 24.5 Å². The fourth-order valence-electron chi connectivity index (χ4n) is 3.66. The number of ether oxygens (including phenoxy) is 1. The standard InChI is InChI=1S/C22H38O5/c1-3-4-5-6-7-8-9-10-11-12-13-14-15-19(24)22(26)20(25)16-17-21(22)27-18(2)23/h16-17,19,21,24,26H,3-15H2,1-2H3/t19-,21-,22-/m1/s1. The summed E-state index contributed by atoms with van der Waals surface area (Å²) in [6, 6.07) is 0. The van der Waals surface area contributed by atoms with Gasteiger partial charge in [0.05, 0.1) is 6.10 Å². The van der Waals surface area contributed by atoms with E-state index in [0.717, 1.165) is 19.3 Å². The van der Waals surface area contributed by atoms with Crippen molar-refractivity contribution in [3.05, 3.63) is 12.2 Å². The molecule has 0 aromatic rings. The summed E-state index contributed by atoms with van der Waals surface area (Å²) in [5, 5.41) is 20.9. The molecule has 1 aliphatic rings. The maximum Gasteiger partial charge on any atom is 0.303 e. The minimum atomic E-state index is -2.04. The molecule has 1 rings (SSSR count). The summed E-state index contributed by atoms with van der Waals surface area (Å²) in [6.07, 6.45) is 15.1. The summed E-state index contributed by atoms with van der Waals surface area (Å²) in [5.74, 6) is -1.18. The van der Waals surface area contributed by atoms with Crippen LogP contribution >= 0.6 is 0 Å². The molecule has 27 heavy (non-hydrogen) atoms. The van der Waals surface area contributed by atoms with Crippen molar-refractivity contribution >= 4 is 11.8 Å². The Bertz CT molecular complexity index is 473. The zero-order chi connectivity index (χ0) is 20.1. The van der Waals surface area contributed by atoms with Crippen LogP contribution in [-0.4, -0.2) is 39.8 Å². The Kier molecular flexibility index (Phi) is 11.5. The molecular weight excluding hydrogens is 344 g/mol. The second kappa shape index (κ2) is 13.1. The van der Waals surface area contributed by atoms with Crippen molar-refractivity contribution in [2.45, 2.75) is 115 Å². The van der Waals surface area contributed by atoms with E-state index in [2.05, 4.69) is 6.92 Å². The number of unbranched alkanes of at least 4 members (excludes halogenated alkanes) is 11. The van der Waals surface area contributed by atoms with Gasteiger partial charge in [0, 0.05) is 6.92 Å². The van der Waals surface area contributed by atoms with E-state index < -0.39 is 29.6 Å². The molecule has 5 nitrogen and oxygen atoms in total. The summed E-state index contributed by atoms with van der Waals surface area (Å²) in [7, 11) is 0. The highest BCUT2D eigenvalue weighted by Gasteiger charge is 2.52. The van der Waals surface area contributed by atoms with Gasteiger partial charge >= 0.3 is 5.97 Å². The Morgan fingerprint density at radius 1 is 1.04 bits per heavy atom. The van der Waals surface area contributed by atoms with E-state index in [-0.39, 0.29) is 0 Å². The highest BCUT2D eigenvalue weighted by Crippen LogP contribution is 2.30. The number of rotatable bonds is 15. The minimum Gasteiger partial charge on any atom is -0.455 e. The molecule has 3 atom stereocenters.